The van der Waals surface area contributed by atoms with E-state index in [1.165, 1.54) is 7.11 Å². The van der Waals surface area contributed by atoms with Gasteiger partial charge in [-0.15, -0.1) is 0 Å². The minimum Gasteiger partial charge on any atom is -0.468 e. The molecule has 0 amide bonds. The number of amidine groups is 1. The van der Waals surface area contributed by atoms with Gasteiger partial charge in [-0.3, -0.25) is 10.0 Å². The minimum absolute atomic E-state index is 0. The van der Waals surface area contributed by atoms with Crippen molar-refractivity contribution in [1.29, 1.82) is 0 Å². The van der Waals surface area contributed by atoms with Crippen LogP contribution in [-0.4, -0.2) is 60.7 Å². The second-order valence-corrected chi connectivity index (χ2v) is 3.83. The Balaban J connectivity index is 0. The van der Waals surface area contributed by atoms with Crippen LogP contribution in [0.1, 0.15) is 26.2 Å². The third kappa shape index (κ3) is 9.74. The molecule has 0 saturated heterocycles. The molecule has 19 heavy (non-hydrogen) atoms. The van der Waals surface area contributed by atoms with Gasteiger partial charge < -0.3 is 15.2 Å². The number of esters is 1. The molecule has 3 N–H and O–H groups in total. The van der Waals surface area contributed by atoms with E-state index in [4.69, 9.17) is 5.11 Å². The Hall–Kier alpha value is 0.262. The Morgan fingerprint density at radius 2 is 2.11 bits per heavy atom. The molecule has 1 atom stereocenters. The maximum atomic E-state index is 11.3. The number of hydrogen-bond acceptors (Lipinski definition) is 6. The molecule has 109 valence electrons. The van der Waals surface area contributed by atoms with Gasteiger partial charge in [0, 0.05) is 50.6 Å². The molecule has 0 unspecified atom stereocenters. The fraction of sp³-hybridized carbons (Fsp3) is 0.818. The zero-order chi connectivity index (χ0) is 14.0. The predicted molar refractivity (Wildman–Crippen MR) is 67.4 cm³/mol. The number of aliphatic hydroxyl groups is 1. The van der Waals surface area contributed by atoms with E-state index in [2.05, 4.69) is 15.0 Å². The third-order valence-electron chi connectivity index (χ3n) is 2.62. The number of likely N-dealkylation sites (N-methyl/N-ethyl adjacent to an activating group) is 1. The third-order valence-corrected chi connectivity index (χ3v) is 2.62. The summed E-state index contributed by atoms with van der Waals surface area (Å²) >= 11 is 0. The average molecular weight is 488 g/mol. The van der Waals surface area contributed by atoms with Crippen LogP contribution in [0.5, 0.6) is 0 Å². The van der Waals surface area contributed by atoms with Gasteiger partial charge in [0.05, 0.1) is 7.11 Å². The first-order valence-electron chi connectivity index (χ1n) is 5.90. The van der Waals surface area contributed by atoms with E-state index in [0.717, 1.165) is 11.5 Å². The van der Waals surface area contributed by atoms with Crippen molar-refractivity contribution in [1.82, 2.24) is 10.4 Å². The molecule has 0 heterocycles. The molecule has 7 nitrogen and oxygen atoms in total. The smallest absolute Gasteiger partial charge is 0.322 e. The van der Waals surface area contributed by atoms with Crippen LogP contribution in [0.25, 0.3) is 0 Å². The van der Waals surface area contributed by atoms with Gasteiger partial charge in [0.2, 0.25) is 0 Å². The molecular formula is C11H23AcN3O4. The van der Waals surface area contributed by atoms with Crippen LogP contribution in [0.15, 0.2) is 4.99 Å². The summed E-state index contributed by atoms with van der Waals surface area (Å²) in [5.41, 5.74) is 0. The zero-order valence-corrected chi connectivity index (χ0v) is 16.5. The molecule has 0 rings (SSSR count). The summed E-state index contributed by atoms with van der Waals surface area (Å²) in [5.74, 6) is 0.0898. The molecule has 0 saturated carbocycles. The van der Waals surface area contributed by atoms with Crippen LogP contribution >= 0.6 is 0 Å². The number of aliphatic imine (C=N–C) groups is 1. The Labute approximate surface area is 149 Å². The molecular weight excluding hydrogens is 465 g/mol. The normalized spacial score (nSPS) is 12.6. The number of carbonyl (C=O) groups excluding carboxylic acids is 1. The summed E-state index contributed by atoms with van der Waals surface area (Å²) in [6.07, 6.45) is 2.13. The van der Waals surface area contributed by atoms with Crippen LogP contribution in [-0.2, 0) is 9.53 Å². The molecule has 0 aliphatic carbocycles. The first kappa shape index (κ1) is 21.6. The molecule has 0 aliphatic rings. The summed E-state index contributed by atoms with van der Waals surface area (Å²) in [4.78, 5) is 14.9. The van der Waals surface area contributed by atoms with E-state index < -0.39 is 0 Å². The van der Waals surface area contributed by atoms with Gasteiger partial charge in [0.25, 0.3) is 0 Å². The first-order valence-corrected chi connectivity index (χ1v) is 5.90. The van der Waals surface area contributed by atoms with E-state index in [0.29, 0.717) is 25.2 Å². The number of aliphatic hydroxyl groups excluding tert-OH is 1. The van der Waals surface area contributed by atoms with E-state index >= 15 is 0 Å². The van der Waals surface area contributed by atoms with E-state index in [1.807, 2.05) is 0 Å². The van der Waals surface area contributed by atoms with Gasteiger partial charge in [-0.1, -0.05) is 0 Å². The van der Waals surface area contributed by atoms with E-state index in [9.17, 15) is 10.0 Å². The Morgan fingerprint density at radius 3 is 2.58 bits per heavy atom. The van der Waals surface area contributed by atoms with Gasteiger partial charge in [-0.2, -0.15) is 0 Å². The molecule has 8 heteroatoms. The second kappa shape index (κ2) is 13.3. The number of carbonyl (C=O) groups is 1. The van der Waals surface area contributed by atoms with Crippen molar-refractivity contribution in [2.75, 3.05) is 27.4 Å². The number of hydrogen-bond donors (Lipinski definition) is 3. The minimum atomic E-state index is -0.340. The Bertz CT molecular complexity index is 277. The van der Waals surface area contributed by atoms with E-state index in [-0.39, 0.29) is 62.8 Å². The van der Waals surface area contributed by atoms with Crippen molar-refractivity contribution < 1.29 is 63.9 Å². The van der Waals surface area contributed by atoms with Gasteiger partial charge in [0.15, 0.2) is 0 Å². The van der Waals surface area contributed by atoms with Crippen molar-refractivity contribution in [2.24, 2.45) is 4.99 Å². The Morgan fingerprint density at radius 1 is 1.47 bits per heavy atom. The van der Waals surface area contributed by atoms with Gasteiger partial charge >= 0.3 is 5.97 Å². The summed E-state index contributed by atoms with van der Waals surface area (Å²) in [7, 11) is 3.06. The van der Waals surface area contributed by atoms with Gasteiger partial charge in [0.1, 0.15) is 18.6 Å². The molecule has 0 bridgehead atoms. The predicted octanol–water partition coefficient (Wildman–Crippen LogP) is -0.0229. The fourth-order valence-corrected chi connectivity index (χ4v) is 1.48. The van der Waals surface area contributed by atoms with Crippen molar-refractivity contribution >= 4 is 11.8 Å². The maximum absolute atomic E-state index is 11.3. The molecule has 0 fully saturated rings. The van der Waals surface area contributed by atoms with Crippen LogP contribution in [0.4, 0.5) is 0 Å². The number of nitrogens with one attached hydrogen (secondary N) is 1. The Kier molecular flexibility index (Phi) is 15.0. The first-order chi connectivity index (χ1) is 8.56. The van der Waals surface area contributed by atoms with Crippen LogP contribution in [0.3, 0.4) is 0 Å². The fourth-order valence-electron chi connectivity index (χ4n) is 1.48. The SMILES string of the molecule is CN[C@@H](CCCCN(O)C(C)=NCO)C(=O)OC.[Ac]. The van der Waals surface area contributed by atoms with Crippen LogP contribution in [0.2, 0.25) is 0 Å². The van der Waals surface area contributed by atoms with Crippen molar-refractivity contribution in [3.8, 4) is 0 Å². The second-order valence-electron chi connectivity index (χ2n) is 3.83. The topological polar surface area (TPSA) is 94.4 Å². The summed E-state index contributed by atoms with van der Waals surface area (Å²) in [6, 6.07) is -0.311. The van der Waals surface area contributed by atoms with Gasteiger partial charge in [-0.25, -0.2) is 10.1 Å². The van der Waals surface area contributed by atoms with Crippen molar-refractivity contribution in [3.05, 3.63) is 0 Å². The molecule has 0 aromatic rings. The molecule has 0 aromatic heterocycles. The van der Waals surface area contributed by atoms with Gasteiger partial charge in [-0.05, 0) is 33.2 Å². The largest absolute Gasteiger partial charge is 0.468 e. The molecule has 1 radical (unpaired) electrons. The molecule has 0 aliphatic heterocycles. The van der Waals surface area contributed by atoms with E-state index in [1.54, 1.807) is 14.0 Å². The van der Waals surface area contributed by atoms with Crippen LogP contribution in [0, 0.1) is 44.1 Å². The van der Waals surface area contributed by atoms with Crippen LogP contribution < -0.4 is 5.32 Å². The number of ether oxygens (including phenoxy) is 1. The van der Waals surface area contributed by atoms with Crippen molar-refractivity contribution in [3.63, 3.8) is 0 Å². The number of rotatable bonds is 8. The summed E-state index contributed by atoms with van der Waals surface area (Å²) < 4.78 is 4.64. The maximum Gasteiger partial charge on any atom is 0.322 e. The number of hydroxylamine groups is 2. The average Bonchev–Trinajstić information content (AvgIpc) is 2.38. The standard InChI is InChI=1S/C11H23N3O4.Ac/c1-9(13-8-15)14(17)7-5-4-6-10(12-2)11(16)18-3;/h10,12,15,17H,4-8H2,1-3H3;/t10-;/m0./s1. The zero-order valence-electron chi connectivity index (χ0n) is 11.8. The number of nitrogens with zero attached hydrogens (tertiary/aromatic N) is 2. The number of methoxy groups -OCH3 is 1. The van der Waals surface area contributed by atoms with Crippen molar-refractivity contribution in [2.45, 2.75) is 32.2 Å². The quantitative estimate of drug-likeness (QED) is 0.146. The summed E-state index contributed by atoms with van der Waals surface area (Å²) in [6.45, 7) is 1.68. The molecule has 0 aromatic carbocycles. The molecule has 0 spiro atoms. The number of unbranched alkanes of at least 4 members (excludes halogenated alkanes) is 1. The monoisotopic (exact) mass is 488 g/mol. The summed E-state index contributed by atoms with van der Waals surface area (Å²) in [5, 5.41) is 21.9.